The maximum atomic E-state index is 13.0. The number of nitrogens with one attached hydrogen (secondary N) is 2. The Hall–Kier alpha value is -3.39. The number of hydrogen-bond donors (Lipinski definition) is 4. The summed E-state index contributed by atoms with van der Waals surface area (Å²) in [6, 6.07) is 14.6. The molecule has 0 aromatic heterocycles. The molecule has 1 unspecified atom stereocenters. The molecule has 8 heteroatoms. The lowest BCUT2D eigenvalue weighted by Gasteiger charge is -2.33. The Labute approximate surface area is 204 Å². The summed E-state index contributed by atoms with van der Waals surface area (Å²) in [5, 5.41) is 24.6. The van der Waals surface area contributed by atoms with E-state index in [1.165, 1.54) is 0 Å². The van der Waals surface area contributed by atoms with Gasteiger partial charge in [0.1, 0.15) is 12.6 Å². The van der Waals surface area contributed by atoms with Gasteiger partial charge in [0, 0.05) is 5.92 Å². The average Bonchev–Trinajstić information content (AvgIpc) is 2.98. The number of amides is 2. The minimum atomic E-state index is -1.31. The van der Waals surface area contributed by atoms with Crippen LogP contribution in [0, 0.1) is 0 Å². The molecule has 1 saturated carbocycles. The van der Waals surface area contributed by atoms with Crippen molar-refractivity contribution < 1.29 is 29.3 Å². The van der Waals surface area contributed by atoms with Gasteiger partial charge in [-0.15, -0.1) is 0 Å². The molecule has 186 valence electrons. The third-order valence-corrected chi connectivity index (χ3v) is 7.08. The van der Waals surface area contributed by atoms with Crippen LogP contribution in [-0.2, 0) is 14.3 Å². The van der Waals surface area contributed by atoms with Crippen LogP contribution < -0.4 is 10.6 Å². The minimum absolute atomic E-state index is 0.0574. The molecule has 2 aromatic rings. The summed E-state index contributed by atoms with van der Waals surface area (Å²) in [5.41, 5.74) is 3.50. The van der Waals surface area contributed by atoms with Crippen molar-refractivity contribution >= 4 is 18.0 Å². The Morgan fingerprint density at radius 1 is 0.943 bits per heavy atom. The Balaban J connectivity index is 1.42. The van der Waals surface area contributed by atoms with Crippen LogP contribution in [0.4, 0.5) is 4.79 Å². The molecule has 2 amide bonds. The summed E-state index contributed by atoms with van der Waals surface area (Å²) in [5.74, 6) is -2.00. The number of alkyl carbamates (subject to hydrolysis) is 1. The largest absolute Gasteiger partial charge is 0.481 e. The van der Waals surface area contributed by atoms with Gasteiger partial charge in [0.25, 0.3) is 0 Å². The summed E-state index contributed by atoms with van der Waals surface area (Å²) < 4.78 is 5.49. The average molecular weight is 481 g/mol. The molecule has 0 spiro atoms. The van der Waals surface area contributed by atoms with Crippen LogP contribution in [0.1, 0.15) is 62.0 Å². The molecular weight excluding hydrogens is 448 g/mol. The fourth-order valence-electron chi connectivity index (χ4n) is 5.24. The lowest BCUT2D eigenvalue weighted by atomic mass is 9.90. The molecule has 4 N–H and O–H groups in total. The number of carbonyl (C=O) groups is 3. The first-order chi connectivity index (χ1) is 16.9. The van der Waals surface area contributed by atoms with E-state index in [0.29, 0.717) is 12.8 Å². The summed E-state index contributed by atoms with van der Waals surface area (Å²) in [6.07, 6.45) is 3.56. The fourth-order valence-corrected chi connectivity index (χ4v) is 5.24. The number of carboxylic acids is 1. The first kappa shape index (κ1) is 24.7. The molecule has 1 fully saturated rings. The number of carboxylic acid groups (broad SMARTS) is 1. The van der Waals surface area contributed by atoms with Gasteiger partial charge in [0.05, 0.1) is 18.6 Å². The van der Waals surface area contributed by atoms with E-state index >= 15 is 0 Å². The van der Waals surface area contributed by atoms with Gasteiger partial charge in [0.15, 0.2) is 0 Å². The zero-order valence-corrected chi connectivity index (χ0v) is 19.7. The lowest BCUT2D eigenvalue weighted by Crippen LogP contribution is -2.57. The molecule has 2 aliphatic carbocycles. The second kappa shape index (κ2) is 10.9. The molecule has 4 rings (SSSR count). The van der Waals surface area contributed by atoms with E-state index < -0.39 is 36.0 Å². The summed E-state index contributed by atoms with van der Waals surface area (Å²) in [7, 11) is 0. The molecule has 0 bridgehead atoms. The van der Waals surface area contributed by atoms with E-state index in [1.807, 2.05) is 48.5 Å². The van der Waals surface area contributed by atoms with Crippen molar-refractivity contribution in [1.29, 1.82) is 0 Å². The van der Waals surface area contributed by atoms with Gasteiger partial charge >= 0.3 is 12.1 Å². The monoisotopic (exact) mass is 480 g/mol. The van der Waals surface area contributed by atoms with Gasteiger partial charge in [-0.25, -0.2) is 4.79 Å². The van der Waals surface area contributed by atoms with Gasteiger partial charge in [-0.05, 0) is 35.1 Å². The predicted molar refractivity (Wildman–Crippen MR) is 130 cm³/mol. The van der Waals surface area contributed by atoms with Crippen molar-refractivity contribution in [1.82, 2.24) is 10.6 Å². The van der Waals surface area contributed by atoms with Crippen molar-refractivity contribution in [2.75, 3.05) is 13.2 Å². The van der Waals surface area contributed by atoms with Crippen LogP contribution in [0.15, 0.2) is 48.5 Å². The van der Waals surface area contributed by atoms with E-state index in [4.69, 9.17) is 4.74 Å². The number of aliphatic carboxylic acids is 1. The first-order valence-corrected chi connectivity index (χ1v) is 12.2. The number of benzene rings is 2. The summed E-state index contributed by atoms with van der Waals surface area (Å²) in [4.78, 5) is 37.1. The van der Waals surface area contributed by atoms with Crippen LogP contribution >= 0.6 is 0 Å². The van der Waals surface area contributed by atoms with Crippen molar-refractivity contribution in [3.05, 3.63) is 59.7 Å². The lowest BCUT2D eigenvalue weighted by molar-refractivity contribution is -0.140. The molecule has 0 heterocycles. The molecule has 2 aliphatic rings. The third kappa shape index (κ3) is 5.65. The molecule has 0 saturated heterocycles. The van der Waals surface area contributed by atoms with E-state index in [-0.39, 0.29) is 19.1 Å². The van der Waals surface area contributed by atoms with Gasteiger partial charge in [-0.2, -0.15) is 0 Å². The van der Waals surface area contributed by atoms with Crippen molar-refractivity contribution in [2.24, 2.45) is 0 Å². The predicted octanol–water partition coefficient (Wildman–Crippen LogP) is 3.57. The fraction of sp³-hybridized carbons (Fsp3) is 0.444. The van der Waals surface area contributed by atoms with Crippen LogP contribution in [0.25, 0.3) is 11.1 Å². The van der Waals surface area contributed by atoms with Crippen LogP contribution in [0.2, 0.25) is 0 Å². The highest BCUT2D eigenvalue weighted by atomic mass is 16.5. The first-order valence-electron chi connectivity index (χ1n) is 12.2. The molecule has 8 nitrogen and oxygen atoms in total. The zero-order valence-electron chi connectivity index (χ0n) is 19.7. The normalized spacial score (nSPS) is 17.4. The summed E-state index contributed by atoms with van der Waals surface area (Å²) >= 11 is 0. The van der Waals surface area contributed by atoms with Crippen LogP contribution in [0.5, 0.6) is 0 Å². The highest BCUT2D eigenvalue weighted by Crippen LogP contribution is 2.44. The number of rotatable bonds is 8. The van der Waals surface area contributed by atoms with E-state index in [1.54, 1.807) is 0 Å². The number of carbonyl (C=O) groups excluding carboxylic acids is 2. The van der Waals surface area contributed by atoms with E-state index in [9.17, 15) is 24.6 Å². The second-order valence-corrected chi connectivity index (χ2v) is 9.46. The van der Waals surface area contributed by atoms with Gasteiger partial charge in [-0.3, -0.25) is 9.59 Å². The van der Waals surface area contributed by atoms with Crippen molar-refractivity contribution in [3.63, 3.8) is 0 Å². The molecule has 0 radical (unpaired) electrons. The maximum absolute atomic E-state index is 13.0. The quantitative estimate of drug-likeness (QED) is 0.428. The van der Waals surface area contributed by atoms with Crippen LogP contribution in [-0.4, -0.2) is 53.0 Å². The standard InChI is InChI=1S/C27H32N2O6/c30-17-27(13-7-1-2-8-14-27)29-25(33)23(15-24(31)32)28-26(34)35-16-22-20-11-5-3-9-18(20)19-10-4-6-12-21(19)22/h3-6,9-12,22-23,30H,1-2,7-8,13-17H2,(H,28,34)(H,29,33)(H,31,32). The summed E-state index contributed by atoms with van der Waals surface area (Å²) in [6.45, 7) is -0.175. The second-order valence-electron chi connectivity index (χ2n) is 9.46. The van der Waals surface area contributed by atoms with Gasteiger partial charge < -0.3 is 25.6 Å². The molecule has 0 aliphatic heterocycles. The van der Waals surface area contributed by atoms with E-state index in [0.717, 1.165) is 47.9 Å². The molecule has 2 aromatic carbocycles. The number of hydrogen-bond acceptors (Lipinski definition) is 5. The Morgan fingerprint density at radius 3 is 2.06 bits per heavy atom. The SMILES string of the molecule is O=C(O)CC(NC(=O)OCC1c2ccccc2-c2ccccc21)C(=O)NC1(CO)CCCCCC1. The highest BCUT2D eigenvalue weighted by Gasteiger charge is 2.36. The zero-order chi connectivity index (χ0) is 24.8. The van der Waals surface area contributed by atoms with Gasteiger partial charge in [0.2, 0.25) is 5.91 Å². The van der Waals surface area contributed by atoms with Crippen molar-refractivity contribution in [2.45, 2.75) is 62.4 Å². The van der Waals surface area contributed by atoms with E-state index in [2.05, 4.69) is 10.6 Å². The van der Waals surface area contributed by atoms with Crippen molar-refractivity contribution in [3.8, 4) is 11.1 Å². The number of aliphatic hydroxyl groups is 1. The Morgan fingerprint density at radius 2 is 1.51 bits per heavy atom. The Bertz CT molecular complexity index is 1030. The topological polar surface area (TPSA) is 125 Å². The highest BCUT2D eigenvalue weighted by molar-refractivity contribution is 5.89. The smallest absolute Gasteiger partial charge is 0.407 e. The maximum Gasteiger partial charge on any atom is 0.407 e. The Kier molecular flexibility index (Phi) is 7.70. The number of fused-ring (bicyclic) bond motifs is 3. The minimum Gasteiger partial charge on any atom is -0.481 e. The molecule has 35 heavy (non-hydrogen) atoms. The van der Waals surface area contributed by atoms with Crippen LogP contribution in [0.3, 0.4) is 0 Å². The number of ether oxygens (including phenoxy) is 1. The number of aliphatic hydroxyl groups excluding tert-OH is 1. The molecule has 1 atom stereocenters. The van der Waals surface area contributed by atoms with Gasteiger partial charge in [-0.1, -0.05) is 74.2 Å². The molecular formula is C27H32N2O6. The third-order valence-electron chi connectivity index (χ3n) is 7.08.